The number of aromatic nitrogens is 4. The summed E-state index contributed by atoms with van der Waals surface area (Å²) in [6.45, 7) is 1.42. The van der Waals surface area contributed by atoms with Crippen molar-refractivity contribution < 1.29 is 28.8 Å². The molecule has 1 unspecified atom stereocenters. The van der Waals surface area contributed by atoms with E-state index in [-0.39, 0.29) is 25.7 Å². The van der Waals surface area contributed by atoms with Gasteiger partial charge in [-0.25, -0.2) is 15.2 Å². The molecule has 0 aliphatic heterocycles. The zero-order valence-corrected chi connectivity index (χ0v) is 32.1. The number of urea groups is 1. The van der Waals surface area contributed by atoms with Crippen molar-refractivity contribution in [1.29, 1.82) is 0 Å². The number of hydrogen-bond acceptors (Lipinski definition) is 8. The maximum Gasteiger partial charge on any atom is 0.334 e. The predicted molar refractivity (Wildman–Crippen MR) is 219 cm³/mol. The van der Waals surface area contributed by atoms with Gasteiger partial charge in [-0.2, -0.15) is 0 Å². The van der Waals surface area contributed by atoms with Crippen LogP contribution in [0.3, 0.4) is 0 Å². The quantitative estimate of drug-likeness (QED) is 0.0581. The molecule has 59 heavy (non-hydrogen) atoms. The summed E-state index contributed by atoms with van der Waals surface area (Å²) in [6, 6.07) is 17.1. The maximum absolute atomic E-state index is 14.1. The Balaban J connectivity index is 1.19. The van der Waals surface area contributed by atoms with E-state index >= 15 is 0 Å². The number of aromatic amines is 3. The molecular formula is C41H46N12O6. The molecule has 3 aromatic heterocycles. The second-order valence-corrected chi connectivity index (χ2v) is 14.1. The summed E-state index contributed by atoms with van der Waals surface area (Å²) in [5.41, 5.74) is 20.6. The second-order valence-electron chi connectivity index (χ2n) is 14.1. The number of amides is 7. The normalized spacial score (nSPS) is 13.7. The molecule has 0 bridgehead atoms. The molecule has 3 aromatic carbocycles. The van der Waals surface area contributed by atoms with Crippen LogP contribution in [-0.4, -0.2) is 85.7 Å². The lowest BCUT2D eigenvalue weighted by molar-refractivity contribution is -0.131. The van der Waals surface area contributed by atoms with Gasteiger partial charge >= 0.3 is 6.03 Å². The summed E-state index contributed by atoms with van der Waals surface area (Å²) >= 11 is 0. The highest BCUT2D eigenvalue weighted by atomic mass is 16.2. The van der Waals surface area contributed by atoms with Gasteiger partial charge in [0.2, 0.25) is 23.6 Å². The molecule has 3 heterocycles. The minimum atomic E-state index is -1.28. The van der Waals surface area contributed by atoms with E-state index in [1.165, 1.54) is 13.3 Å². The lowest BCUT2D eigenvalue weighted by atomic mass is 10.0. The van der Waals surface area contributed by atoms with E-state index in [9.17, 15) is 28.8 Å². The molecule has 0 saturated carbocycles. The van der Waals surface area contributed by atoms with Gasteiger partial charge in [0, 0.05) is 71.8 Å². The predicted octanol–water partition coefficient (Wildman–Crippen LogP) is 0.629. The number of para-hydroxylation sites is 2. The average molecular weight is 803 g/mol. The van der Waals surface area contributed by atoms with Crippen LogP contribution in [0.1, 0.15) is 29.3 Å². The number of fused-ring (bicyclic) bond motifs is 2. The van der Waals surface area contributed by atoms with Crippen LogP contribution in [0.25, 0.3) is 21.8 Å². The van der Waals surface area contributed by atoms with Crippen molar-refractivity contribution in [1.82, 2.24) is 52.1 Å². The number of carbonyl (C=O) groups excluding carboxylic acids is 6. The molecule has 13 N–H and O–H groups in total. The minimum absolute atomic E-state index is 0.0258. The first-order chi connectivity index (χ1) is 28.4. The van der Waals surface area contributed by atoms with Crippen LogP contribution in [-0.2, 0) is 49.7 Å². The Morgan fingerprint density at radius 2 is 1.15 bits per heavy atom. The number of nitrogens with zero attached hydrogens (tertiary/aromatic N) is 1. The molecule has 6 rings (SSSR count). The van der Waals surface area contributed by atoms with Crippen LogP contribution in [0, 0.1) is 0 Å². The van der Waals surface area contributed by atoms with E-state index in [2.05, 4.69) is 52.1 Å². The summed E-state index contributed by atoms with van der Waals surface area (Å²) in [6.07, 6.45) is 6.65. The van der Waals surface area contributed by atoms with Crippen molar-refractivity contribution in [3.63, 3.8) is 0 Å². The Morgan fingerprint density at radius 3 is 1.75 bits per heavy atom. The Kier molecular flexibility index (Phi) is 13.3. The number of nitrogens with one attached hydrogen (secondary N) is 9. The molecule has 18 nitrogen and oxygen atoms in total. The molecule has 5 atom stereocenters. The van der Waals surface area contributed by atoms with Gasteiger partial charge in [0.05, 0.1) is 12.4 Å². The molecule has 306 valence electrons. The number of hydrogen-bond donors (Lipinski definition) is 11. The van der Waals surface area contributed by atoms with Gasteiger partial charge in [-0.15, -0.1) is 0 Å². The molecule has 0 aliphatic carbocycles. The standard InChI is InChI=1S/C41H46N12O6/c1-23(36(43)54)48-38(56)33(15-24-9-3-2-4-10-24)50-39(57)34(16-25-19-45-31-13-7-5-11-28(25)31)51-41(59)53-52-40(58)35(17-26-20-46-32-14-8-6-12-29(26)32)49-37(55)30(42)18-27-21-44-22-47-27/h2-14,19-23,30,33-35,45-46H,15-18,42H2,1H3,(H2,43,54)(H,44,47)(H,48,56)(H,49,55)(H,50,57)(H,52,58)(H2,51,53,59)/t23-,30?,33+,34-,35+/m0/s1. The lowest BCUT2D eigenvalue weighted by Gasteiger charge is -2.25. The van der Waals surface area contributed by atoms with Crippen molar-refractivity contribution in [2.75, 3.05) is 0 Å². The van der Waals surface area contributed by atoms with Crippen LogP contribution in [0.5, 0.6) is 0 Å². The number of imidazole rings is 1. The fraction of sp³-hybridized carbons (Fsp3) is 0.244. The van der Waals surface area contributed by atoms with Crippen LogP contribution in [0.15, 0.2) is 104 Å². The number of carbonyl (C=O) groups is 6. The molecule has 7 amide bonds. The summed E-state index contributed by atoms with van der Waals surface area (Å²) in [7, 11) is 0. The lowest BCUT2D eigenvalue weighted by Crippen LogP contribution is -2.60. The highest BCUT2D eigenvalue weighted by Gasteiger charge is 2.30. The summed E-state index contributed by atoms with van der Waals surface area (Å²) in [5, 5.41) is 12.2. The Labute approximate surface area is 338 Å². The van der Waals surface area contributed by atoms with Gasteiger partial charge in [-0.05, 0) is 35.7 Å². The summed E-state index contributed by atoms with van der Waals surface area (Å²) in [4.78, 5) is 93.0. The number of H-pyrrole nitrogens is 3. The van der Waals surface area contributed by atoms with Gasteiger partial charge in [-0.3, -0.25) is 29.4 Å². The monoisotopic (exact) mass is 802 g/mol. The van der Waals surface area contributed by atoms with Gasteiger partial charge < -0.3 is 47.7 Å². The van der Waals surface area contributed by atoms with Crippen LogP contribution >= 0.6 is 0 Å². The molecule has 6 aromatic rings. The SMILES string of the molecule is C[C@H](NC(=O)[C@@H](Cc1ccccc1)NC(=O)[C@H](Cc1c[nH]c2ccccc12)NC(=O)NNC(=O)[C@@H](Cc1c[nH]c2ccccc12)NC(=O)C(N)Cc1cnc[nH]1)C(N)=O. The summed E-state index contributed by atoms with van der Waals surface area (Å²) in [5.74, 6) is -3.54. The molecule has 0 saturated heterocycles. The largest absolute Gasteiger partial charge is 0.368 e. The fourth-order valence-electron chi connectivity index (χ4n) is 6.58. The number of rotatable bonds is 17. The maximum atomic E-state index is 14.1. The van der Waals surface area contributed by atoms with Crippen LogP contribution in [0.4, 0.5) is 4.79 Å². The van der Waals surface area contributed by atoms with E-state index in [1.54, 1.807) is 48.9 Å². The first-order valence-electron chi connectivity index (χ1n) is 18.9. The molecule has 0 fully saturated rings. The van der Waals surface area contributed by atoms with Crippen molar-refractivity contribution in [3.8, 4) is 0 Å². The molecule has 0 radical (unpaired) electrons. The minimum Gasteiger partial charge on any atom is -0.368 e. The molecular weight excluding hydrogens is 757 g/mol. The van der Waals surface area contributed by atoms with Crippen molar-refractivity contribution in [3.05, 3.63) is 126 Å². The van der Waals surface area contributed by atoms with Crippen molar-refractivity contribution in [2.45, 2.75) is 62.8 Å². The summed E-state index contributed by atoms with van der Waals surface area (Å²) < 4.78 is 0. The van der Waals surface area contributed by atoms with Gasteiger partial charge in [0.25, 0.3) is 5.91 Å². The molecule has 18 heteroatoms. The highest BCUT2D eigenvalue weighted by Crippen LogP contribution is 2.21. The van der Waals surface area contributed by atoms with E-state index < -0.39 is 65.8 Å². The van der Waals surface area contributed by atoms with Gasteiger partial charge in [-0.1, -0.05) is 66.7 Å². The van der Waals surface area contributed by atoms with Crippen LogP contribution < -0.4 is 43.6 Å². The van der Waals surface area contributed by atoms with Gasteiger partial charge in [0.1, 0.15) is 24.2 Å². The number of hydrazine groups is 1. The number of benzene rings is 3. The van der Waals surface area contributed by atoms with E-state index in [0.29, 0.717) is 11.3 Å². The Bertz CT molecular complexity index is 2410. The first kappa shape index (κ1) is 41.2. The number of nitrogens with two attached hydrogens (primary N) is 2. The smallest absolute Gasteiger partial charge is 0.334 e. The van der Waals surface area contributed by atoms with E-state index in [4.69, 9.17) is 11.5 Å². The highest BCUT2D eigenvalue weighted by molar-refractivity contribution is 5.96. The second kappa shape index (κ2) is 19.1. The zero-order chi connectivity index (χ0) is 41.9. The fourth-order valence-corrected chi connectivity index (χ4v) is 6.58. The van der Waals surface area contributed by atoms with E-state index in [1.807, 2.05) is 48.5 Å². The van der Waals surface area contributed by atoms with Crippen molar-refractivity contribution >= 4 is 57.4 Å². The third kappa shape index (κ3) is 10.9. The third-order valence-corrected chi connectivity index (χ3v) is 9.78. The Hall–Kier alpha value is -7.47. The molecule has 0 spiro atoms. The topological polar surface area (TPSA) is 287 Å². The average Bonchev–Trinajstić information content (AvgIpc) is 4.00. The third-order valence-electron chi connectivity index (χ3n) is 9.78. The van der Waals surface area contributed by atoms with Gasteiger partial charge in [0.15, 0.2) is 0 Å². The Morgan fingerprint density at radius 1 is 0.610 bits per heavy atom. The zero-order valence-electron chi connectivity index (χ0n) is 32.1. The first-order valence-corrected chi connectivity index (χ1v) is 18.9. The molecule has 0 aliphatic rings. The number of primary amides is 1. The van der Waals surface area contributed by atoms with Crippen molar-refractivity contribution in [2.24, 2.45) is 11.5 Å². The van der Waals surface area contributed by atoms with E-state index in [0.717, 1.165) is 32.9 Å². The van der Waals surface area contributed by atoms with Crippen LogP contribution in [0.2, 0.25) is 0 Å².